The highest BCUT2D eigenvalue weighted by atomic mass is 32.2. The number of nitrogens with one attached hydrogen (secondary N) is 3. The van der Waals surface area contributed by atoms with E-state index in [4.69, 9.17) is 16.6 Å². The highest BCUT2D eigenvalue weighted by Gasteiger charge is 2.26. The van der Waals surface area contributed by atoms with Crippen LogP contribution in [0.25, 0.3) is 0 Å². The molecule has 0 heterocycles. The summed E-state index contributed by atoms with van der Waals surface area (Å²) in [5.41, 5.74) is 11.3. The van der Waals surface area contributed by atoms with E-state index in [-0.39, 0.29) is 0 Å². The molecule has 0 aliphatic heterocycles. The average Bonchev–Trinajstić information content (AvgIpc) is 2.66. The predicted octanol–water partition coefficient (Wildman–Crippen LogP) is -2.25. The van der Waals surface area contributed by atoms with E-state index in [0.29, 0.717) is 38.0 Å². The summed E-state index contributed by atoms with van der Waals surface area (Å²) in [4.78, 5) is 47.5. The highest BCUT2D eigenvalue weighted by molar-refractivity contribution is 7.98. The van der Waals surface area contributed by atoms with E-state index in [0.717, 1.165) is 0 Å². The topological polar surface area (TPSA) is 197 Å². The monoisotopic (exact) mass is 435 g/mol. The summed E-state index contributed by atoms with van der Waals surface area (Å²) in [6, 6.07) is -3.14. The first-order valence-electron chi connectivity index (χ1n) is 9.36. The van der Waals surface area contributed by atoms with Gasteiger partial charge in [-0.3, -0.25) is 14.4 Å². The van der Waals surface area contributed by atoms with Crippen LogP contribution >= 0.6 is 11.8 Å². The van der Waals surface area contributed by atoms with Crippen molar-refractivity contribution in [1.29, 1.82) is 0 Å². The minimum absolute atomic E-state index is 0.317. The van der Waals surface area contributed by atoms with E-state index < -0.39 is 54.5 Å². The van der Waals surface area contributed by atoms with Crippen molar-refractivity contribution in [2.75, 3.05) is 25.1 Å². The Balaban J connectivity index is 4.79. The summed E-state index contributed by atoms with van der Waals surface area (Å²) in [6.07, 6.45) is 2.61. The Morgan fingerprint density at radius 1 is 1.07 bits per heavy atom. The van der Waals surface area contributed by atoms with Crippen molar-refractivity contribution >= 4 is 35.5 Å². The Morgan fingerprint density at radius 2 is 1.72 bits per heavy atom. The van der Waals surface area contributed by atoms with Crippen LogP contribution in [0.3, 0.4) is 0 Å². The van der Waals surface area contributed by atoms with Crippen LogP contribution in [0.5, 0.6) is 0 Å². The molecule has 29 heavy (non-hydrogen) atoms. The number of rotatable bonds is 15. The number of hydrogen-bond acceptors (Lipinski definition) is 8. The Bertz CT molecular complexity index is 548. The maximum absolute atomic E-state index is 12.4. The lowest BCUT2D eigenvalue weighted by molar-refractivity contribution is -0.144. The van der Waals surface area contributed by atoms with E-state index >= 15 is 0 Å². The van der Waals surface area contributed by atoms with Crippen LogP contribution in [0.4, 0.5) is 0 Å². The molecule has 12 heteroatoms. The molecule has 168 valence electrons. The summed E-state index contributed by atoms with van der Waals surface area (Å²) in [7, 11) is 0. The van der Waals surface area contributed by atoms with Crippen molar-refractivity contribution in [2.45, 2.75) is 56.8 Å². The van der Waals surface area contributed by atoms with Crippen LogP contribution in [-0.2, 0) is 19.2 Å². The van der Waals surface area contributed by atoms with Gasteiger partial charge in [0.25, 0.3) is 0 Å². The summed E-state index contributed by atoms with van der Waals surface area (Å²) >= 11 is 1.55. The van der Waals surface area contributed by atoms with Gasteiger partial charge in [0.05, 0.1) is 18.7 Å². The molecule has 4 unspecified atom stereocenters. The zero-order chi connectivity index (χ0) is 22.4. The molecule has 0 aromatic heterocycles. The fourth-order valence-corrected chi connectivity index (χ4v) is 2.81. The maximum Gasteiger partial charge on any atom is 0.328 e. The largest absolute Gasteiger partial charge is 0.480 e. The van der Waals surface area contributed by atoms with Gasteiger partial charge in [-0.05, 0) is 51.2 Å². The lowest BCUT2D eigenvalue weighted by Gasteiger charge is -2.21. The van der Waals surface area contributed by atoms with Gasteiger partial charge in [0, 0.05) is 0 Å². The van der Waals surface area contributed by atoms with Crippen LogP contribution < -0.4 is 27.4 Å². The number of carbonyl (C=O) groups is 4. The van der Waals surface area contributed by atoms with Crippen LogP contribution in [0, 0.1) is 0 Å². The van der Waals surface area contributed by atoms with Gasteiger partial charge in [0.15, 0.2) is 6.04 Å². The Kier molecular flexibility index (Phi) is 14.0. The fourth-order valence-electron chi connectivity index (χ4n) is 2.32. The first-order chi connectivity index (χ1) is 13.6. The molecule has 0 radical (unpaired) electrons. The maximum atomic E-state index is 12.4. The van der Waals surface area contributed by atoms with Gasteiger partial charge in [-0.1, -0.05) is 0 Å². The van der Waals surface area contributed by atoms with Crippen LogP contribution in [0.2, 0.25) is 0 Å². The second kappa shape index (κ2) is 15.0. The molecule has 9 N–H and O–H groups in total. The SMILES string of the molecule is CSCCC(N)C(=O)NC(CCCCN)C(=O)NCC(=O)NC(C(=O)O)C(C)O. The number of hydrogen-bond donors (Lipinski definition) is 7. The first kappa shape index (κ1) is 27.1. The number of thioether (sulfide) groups is 1. The average molecular weight is 436 g/mol. The molecule has 0 aliphatic rings. The molecule has 0 saturated carbocycles. The summed E-state index contributed by atoms with van der Waals surface area (Å²) in [6.45, 7) is 1.16. The van der Waals surface area contributed by atoms with Gasteiger partial charge in [-0.15, -0.1) is 0 Å². The summed E-state index contributed by atoms with van der Waals surface area (Å²) < 4.78 is 0. The van der Waals surface area contributed by atoms with Crippen molar-refractivity contribution in [3.8, 4) is 0 Å². The lowest BCUT2D eigenvalue weighted by atomic mass is 10.1. The number of aliphatic carboxylic acids is 1. The molecule has 0 spiro atoms. The van der Waals surface area contributed by atoms with Gasteiger partial charge in [-0.25, -0.2) is 4.79 Å². The molecule has 4 atom stereocenters. The second-order valence-electron chi connectivity index (χ2n) is 6.58. The molecule has 0 aromatic carbocycles. The molecule has 3 amide bonds. The van der Waals surface area contributed by atoms with Crippen molar-refractivity contribution in [3.63, 3.8) is 0 Å². The molecule has 0 aliphatic carbocycles. The number of carboxylic acid groups (broad SMARTS) is 1. The third kappa shape index (κ3) is 11.6. The molecule has 0 rings (SSSR count). The Hall–Kier alpha value is -1.89. The molecule has 0 aromatic rings. The van der Waals surface area contributed by atoms with Crippen molar-refractivity contribution in [1.82, 2.24) is 16.0 Å². The highest BCUT2D eigenvalue weighted by Crippen LogP contribution is 2.04. The smallest absolute Gasteiger partial charge is 0.328 e. The second-order valence-corrected chi connectivity index (χ2v) is 7.56. The third-order valence-electron chi connectivity index (χ3n) is 4.04. The standard InChI is InChI=1S/C17H33N5O6S/c1-10(23)14(17(27)28)22-13(24)9-20-16(26)12(5-3-4-7-18)21-15(25)11(19)6-8-29-2/h10-12,14,23H,3-9,18-19H2,1-2H3,(H,20,26)(H,21,25)(H,22,24)(H,27,28). The van der Waals surface area contributed by atoms with Crippen LogP contribution in [0.15, 0.2) is 0 Å². The molecular formula is C17H33N5O6S. The summed E-state index contributed by atoms with van der Waals surface area (Å²) in [5.74, 6) is -2.53. The fraction of sp³-hybridized carbons (Fsp3) is 0.765. The normalized spacial score (nSPS) is 14.9. The van der Waals surface area contributed by atoms with Gasteiger partial charge in [0.2, 0.25) is 17.7 Å². The number of carbonyl (C=O) groups excluding carboxylic acids is 3. The van der Waals surface area contributed by atoms with Gasteiger partial charge < -0.3 is 37.6 Å². The minimum atomic E-state index is -1.49. The van der Waals surface area contributed by atoms with Crippen LogP contribution in [0.1, 0.15) is 32.6 Å². The van der Waals surface area contributed by atoms with Crippen LogP contribution in [-0.4, -0.2) is 83.2 Å². The number of nitrogens with two attached hydrogens (primary N) is 2. The van der Waals surface area contributed by atoms with E-state index in [1.165, 1.54) is 6.92 Å². The van der Waals surface area contributed by atoms with Gasteiger partial charge in [-0.2, -0.15) is 11.8 Å². The number of aliphatic hydroxyl groups excluding tert-OH is 1. The molecule has 0 bridgehead atoms. The van der Waals surface area contributed by atoms with Gasteiger partial charge >= 0.3 is 5.97 Å². The number of aliphatic hydroxyl groups is 1. The Labute approximate surface area is 174 Å². The van der Waals surface area contributed by atoms with Gasteiger partial charge in [0.1, 0.15) is 6.04 Å². The van der Waals surface area contributed by atoms with E-state index in [9.17, 15) is 24.3 Å². The minimum Gasteiger partial charge on any atom is -0.480 e. The molecule has 11 nitrogen and oxygen atoms in total. The van der Waals surface area contributed by atoms with E-state index in [1.807, 2.05) is 6.26 Å². The molecule has 0 fully saturated rings. The third-order valence-corrected chi connectivity index (χ3v) is 4.68. The zero-order valence-corrected chi connectivity index (χ0v) is 17.7. The lowest BCUT2D eigenvalue weighted by Crippen LogP contribution is -2.54. The van der Waals surface area contributed by atoms with E-state index in [1.54, 1.807) is 11.8 Å². The Morgan fingerprint density at radius 3 is 2.24 bits per heavy atom. The number of amides is 3. The molecular weight excluding hydrogens is 402 g/mol. The zero-order valence-electron chi connectivity index (χ0n) is 16.8. The quantitative estimate of drug-likeness (QED) is 0.139. The van der Waals surface area contributed by atoms with Crippen molar-refractivity contribution in [3.05, 3.63) is 0 Å². The first-order valence-corrected chi connectivity index (χ1v) is 10.8. The van der Waals surface area contributed by atoms with E-state index in [2.05, 4.69) is 16.0 Å². The number of unbranched alkanes of at least 4 members (excludes halogenated alkanes) is 1. The molecule has 0 saturated heterocycles. The van der Waals surface area contributed by atoms with Crippen molar-refractivity contribution < 1.29 is 29.4 Å². The van der Waals surface area contributed by atoms with Crippen molar-refractivity contribution in [2.24, 2.45) is 11.5 Å². The number of carboxylic acids is 1. The predicted molar refractivity (Wildman–Crippen MR) is 110 cm³/mol. The summed E-state index contributed by atoms with van der Waals surface area (Å²) in [5, 5.41) is 25.4.